The summed E-state index contributed by atoms with van der Waals surface area (Å²) in [5.41, 5.74) is 2.60. The molecular formula is C19H22N4O3. The number of carbonyl (C=O) groups excluding carboxylic acids is 1. The van der Waals surface area contributed by atoms with Crippen LogP contribution in [0.5, 0.6) is 11.5 Å². The second-order valence-corrected chi connectivity index (χ2v) is 7.09. The molecule has 0 aliphatic carbocycles. The maximum absolute atomic E-state index is 12.8. The highest BCUT2D eigenvalue weighted by molar-refractivity contribution is 5.82. The van der Waals surface area contributed by atoms with Crippen LogP contribution in [0.1, 0.15) is 30.1 Å². The van der Waals surface area contributed by atoms with Crippen LogP contribution in [0.3, 0.4) is 0 Å². The Bertz CT molecular complexity index is 826. The van der Waals surface area contributed by atoms with Crippen LogP contribution in [0, 0.1) is 0 Å². The quantitative estimate of drug-likeness (QED) is 0.885. The summed E-state index contributed by atoms with van der Waals surface area (Å²) in [7, 11) is 0. The summed E-state index contributed by atoms with van der Waals surface area (Å²) in [5.74, 6) is 1.37. The van der Waals surface area contributed by atoms with Crippen LogP contribution in [0.15, 0.2) is 30.5 Å². The van der Waals surface area contributed by atoms with E-state index in [1.165, 1.54) is 11.3 Å². The molecule has 26 heavy (non-hydrogen) atoms. The van der Waals surface area contributed by atoms with Gasteiger partial charge in [0.2, 0.25) is 6.10 Å². The predicted molar refractivity (Wildman–Crippen MR) is 94.0 cm³/mol. The van der Waals surface area contributed by atoms with Crippen molar-refractivity contribution in [1.82, 2.24) is 20.0 Å². The molecule has 3 aliphatic rings. The fourth-order valence-electron chi connectivity index (χ4n) is 4.07. The van der Waals surface area contributed by atoms with Crippen molar-refractivity contribution in [2.45, 2.75) is 38.1 Å². The van der Waals surface area contributed by atoms with E-state index in [0.29, 0.717) is 17.5 Å². The molecule has 136 valence electrons. The van der Waals surface area contributed by atoms with Gasteiger partial charge in [-0.3, -0.25) is 9.48 Å². The molecule has 0 saturated carbocycles. The molecule has 0 spiro atoms. The van der Waals surface area contributed by atoms with E-state index in [4.69, 9.17) is 9.47 Å². The van der Waals surface area contributed by atoms with Crippen LogP contribution in [-0.2, 0) is 17.9 Å². The topological polar surface area (TPSA) is 68.6 Å². The van der Waals surface area contributed by atoms with E-state index in [0.717, 1.165) is 39.0 Å². The van der Waals surface area contributed by atoms with Crippen molar-refractivity contribution in [1.29, 1.82) is 0 Å². The highest BCUT2D eigenvalue weighted by atomic mass is 16.6. The molecule has 1 aromatic heterocycles. The van der Waals surface area contributed by atoms with Crippen molar-refractivity contribution in [3.63, 3.8) is 0 Å². The third-order valence-corrected chi connectivity index (χ3v) is 5.50. The molecule has 1 unspecified atom stereocenters. The number of nitrogens with one attached hydrogen (secondary N) is 1. The van der Waals surface area contributed by atoms with Crippen LogP contribution in [0.2, 0.25) is 0 Å². The molecule has 7 heteroatoms. The fraction of sp³-hybridized carbons (Fsp3) is 0.474. The maximum Gasteiger partial charge on any atom is 0.267 e. The lowest BCUT2D eigenvalue weighted by Crippen LogP contribution is -2.49. The first kappa shape index (κ1) is 15.7. The number of amides is 1. The molecule has 1 amide bonds. The summed E-state index contributed by atoms with van der Waals surface area (Å²) >= 11 is 0. The zero-order chi connectivity index (χ0) is 17.5. The minimum Gasteiger partial charge on any atom is -0.485 e. The summed E-state index contributed by atoms with van der Waals surface area (Å²) < 4.78 is 13.7. The van der Waals surface area contributed by atoms with Gasteiger partial charge in [0.25, 0.3) is 5.91 Å². The lowest BCUT2D eigenvalue weighted by Gasteiger charge is -2.35. The summed E-state index contributed by atoms with van der Waals surface area (Å²) in [6.45, 7) is 3.53. The van der Waals surface area contributed by atoms with Gasteiger partial charge < -0.3 is 19.7 Å². The predicted octanol–water partition coefficient (Wildman–Crippen LogP) is 1.49. The van der Waals surface area contributed by atoms with E-state index >= 15 is 0 Å². The molecule has 1 aromatic carbocycles. The van der Waals surface area contributed by atoms with Crippen molar-refractivity contribution < 1.29 is 14.3 Å². The average Bonchev–Trinajstić information content (AvgIpc) is 3.31. The Kier molecular flexibility index (Phi) is 3.81. The number of hydrogen-bond acceptors (Lipinski definition) is 5. The SMILES string of the molecule is O=C(C1COc2ccccc2O1)N1CCC(n2ncc3c2CNC3)CC1. The molecule has 1 fully saturated rings. The molecule has 0 bridgehead atoms. The number of nitrogens with zero attached hydrogens (tertiary/aromatic N) is 3. The van der Waals surface area contributed by atoms with E-state index < -0.39 is 6.10 Å². The Labute approximate surface area is 151 Å². The molecular weight excluding hydrogens is 332 g/mol. The van der Waals surface area contributed by atoms with Crippen LogP contribution in [0.25, 0.3) is 0 Å². The number of likely N-dealkylation sites (tertiary alicyclic amines) is 1. The lowest BCUT2D eigenvalue weighted by molar-refractivity contribution is -0.142. The summed E-state index contributed by atoms with van der Waals surface area (Å²) in [6, 6.07) is 7.85. The number of para-hydroxylation sites is 2. The first-order valence-corrected chi connectivity index (χ1v) is 9.23. The Hall–Kier alpha value is -2.54. The highest BCUT2D eigenvalue weighted by Gasteiger charge is 2.34. The number of carbonyl (C=O) groups is 1. The van der Waals surface area contributed by atoms with Gasteiger partial charge in [-0.15, -0.1) is 0 Å². The van der Waals surface area contributed by atoms with Gasteiger partial charge in [-0.25, -0.2) is 0 Å². The molecule has 4 heterocycles. The van der Waals surface area contributed by atoms with Gasteiger partial charge in [0.05, 0.1) is 17.9 Å². The van der Waals surface area contributed by atoms with Gasteiger partial charge in [0, 0.05) is 31.7 Å². The van der Waals surface area contributed by atoms with Gasteiger partial charge in [-0.2, -0.15) is 5.10 Å². The van der Waals surface area contributed by atoms with Gasteiger partial charge >= 0.3 is 0 Å². The zero-order valence-corrected chi connectivity index (χ0v) is 14.6. The molecule has 0 radical (unpaired) electrons. The number of hydrogen-bond donors (Lipinski definition) is 1. The molecule has 2 aromatic rings. The molecule has 1 saturated heterocycles. The molecule has 7 nitrogen and oxygen atoms in total. The highest BCUT2D eigenvalue weighted by Crippen LogP contribution is 2.32. The Morgan fingerprint density at radius 2 is 1.96 bits per heavy atom. The second kappa shape index (κ2) is 6.32. The monoisotopic (exact) mass is 354 g/mol. The number of ether oxygens (including phenoxy) is 2. The van der Waals surface area contributed by atoms with Crippen LogP contribution in [-0.4, -0.2) is 46.4 Å². The van der Waals surface area contributed by atoms with Crippen LogP contribution in [0.4, 0.5) is 0 Å². The van der Waals surface area contributed by atoms with E-state index in [-0.39, 0.29) is 12.5 Å². The minimum absolute atomic E-state index is 0.0188. The number of aromatic nitrogens is 2. The standard InChI is InChI=1S/C19H22N4O3/c24-19(18-12-25-16-3-1-2-4-17(16)26-18)22-7-5-14(6-8-22)23-15-11-20-9-13(15)10-21-23/h1-4,10,14,18,20H,5-9,11-12H2. The first-order valence-electron chi connectivity index (χ1n) is 9.23. The number of rotatable bonds is 2. The van der Waals surface area contributed by atoms with Crippen LogP contribution < -0.4 is 14.8 Å². The molecule has 1 atom stereocenters. The van der Waals surface area contributed by atoms with E-state index in [1.54, 1.807) is 0 Å². The van der Waals surface area contributed by atoms with E-state index in [1.807, 2.05) is 35.4 Å². The largest absolute Gasteiger partial charge is 0.485 e. The smallest absolute Gasteiger partial charge is 0.267 e. The molecule has 3 aliphatic heterocycles. The van der Waals surface area contributed by atoms with Gasteiger partial charge in [-0.1, -0.05) is 12.1 Å². The third-order valence-electron chi connectivity index (χ3n) is 5.50. The first-order chi connectivity index (χ1) is 12.8. The normalized spacial score (nSPS) is 22.3. The minimum atomic E-state index is -0.556. The van der Waals surface area contributed by atoms with Gasteiger partial charge in [-0.05, 0) is 25.0 Å². The van der Waals surface area contributed by atoms with Gasteiger partial charge in [0.1, 0.15) is 6.61 Å². The Morgan fingerprint density at radius 1 is 1.15 bits per heavy atom. The van der Waals surface area contributed by atoms with Crippen molar-refractivity contribution in [2.24, 2.45) is 0 Å². The summed E-state index contributed by atoms with van der Waals surface area (Å²) in [5, 5.41) is 7.94. The van der Waals surface area contributed by atoms with Crippen molar-refractivity contribution in [2.75, 3.05) is 19.7 Å². The zero-order valence-electron chi connectivity index (χ0n) is 14.6. The maximum atomic E-state index is 12.8. The van der Waals surface area contributed by atoms with Crippen molar-refractivity contribution in [3.8, 4) is 11.5 Å². The van der Waals surface area contributed by atoms with Crippen LogP contribution >= 0.6 is 0 Å². The fourth-order valence-corrected chi connectivity index (χ4v) is 4.07. The Morgan fingerprint density at radius 3 is 2.81 bits per heavy atom. The number of benzene rings is 1. The van der Waals surface area contributed by atoms with E-state index in [9.17, 15) is 4.79 Å². The number of fused-ring (bicyclic) bond motifs is 2. The Balaban J connectivity index is 1.22. The van der Waals surface area contributed by atoms with Crippen molar-refractivity contribution >= 4 is 5.91 Å². The summed E-state index contributed by atoms with van der Waals surface area (Å²) in [4.78, 5) is 14.7. The average molecular weight is 354 g/mol. The molecule has 5 rings (SSSR count). The second-order valence-electron chi connectivity index (χ2n) is 7.09. The van der Waals surface area contributed by atoms with Gasteiger partial charge in [0.15, 0.2) is 11.5 Å². The lowest BCUT2D eigenvalue weighted by atomic mass is 10.0. The third kappa shape index (κ3) is 2.63. The summed E-state index contributed by atoms with van der Waals surface area (Å²) in [6.07, 6.45) is 3.26. The molecule has 1 N–H and O–H groups in total. The van der Waals surface area contributed by atoms with Crippen molar-refractivity contribution in [3.05, 3.63) is 41.7 Å². The van der Waals surface area contributed by atoms with E-state index in [2.05, 4.69) is 15.1 Å². The number of piperidine rings is 1.